The van der Waals surface area contributed by atoms with Gasteiger partial charge in [0.1, 0.15) is 23.9 Å². The lowest BCUT2D eigenvalue weighted by atomic mass is 10.00. The van der Waals surface area contributed by atoms with Gasteiger partial charge >= 0.3 is 5.97 Å². The molecule has 40 heavy (non-hydrogen) atoms. The molecule has 3 aromatic carbocycles. The smallest absolute Gasteiger partial charge is 0.310 e. The summed E-state index contributed by atoms with van der Waals surface area (Å²) in [7, 11) is 1.64. The summed E-state index contributed by atoms with van der Waals surface area (Å²) in [5.74, 6) is 0.832. The van der Waals surface area contributed by atoms with E-state index in [9.17, 15) is 4.79 Å². The third-order valence-electron chi connectivity index (χ3n) is 6.84. The fourth-order valence-corrected chi connectivity index (χ4v) is 4.94. The first-order valence-corrected chi connectivity index (χ1v) is 13.4. The van der Waals surface area contributed by atoms with Crippen molar-refractivity contribution in [2.75, 3.05) is 19.5 Å². The maximum Gasteiger partial charge on any atom is 0.310 e. The van der Waals surface area contributed by atoms with Crippen LogP contribution in [0.2, 0.25) is 0 Å². The Morgan fingerprint density at radius 3 is 2.50 bits per heavy atom. The van der Waals surface area contributed by atoms with E-state index in [2.05, 4.69) is 55.2 Å². The normalized spacial score (nSPS) is 11.4. The summed E-state index contributed by atoms with van der Waals surface area (Å²) in [4.78, 5) is 16.5. The van der Waals surface area contributed by atoms with E-state index in [1.165, 1.54) is 0 Å². The summed E-state index contributed by atoms with van der Waals surface area (Å²) in [5.41, 5.74) is 11.8. The number of nitrogens with two attached hydrogens (primary N) is 1. The van der Waals surface area contributed by atoms with Crippen LogP contribution in [0.3, 0.4) is 0 Å². The van der Waals surface area contributed by atoms with Crippen molar-refractivity contribution in [2.45, 2.75) is 46.4 Å². The van der Waals surface area contributed by atoms with Gasteiger partial charge in [0.2, 0.25) is 0 Å². The van der Waals surface area contributed by atoms with E-state index in [0.29, 0.717) is 24.8 Å². The second-order valence-electron chi connectivity index (χ2n) is 9.99. The van der Waals surface area contributed by atoms with Crippen molar-refractivity contribution in [1.82, 2.24) is 14.8 Å². The van der Waals surface area contributed by atoms with Crippen molar-refractivity contribution >= 4 is 33.5 Å². The van der Waals surface area contributed by atoms with E-state index in [4.69, 9.17) is 25.0 Å². The van der Waals surface area contributed by atoms with Gasteiger partial charge in [-0.2, -0.15) is 5.10 Å². The molecule has 0 amide bonds. The van der Waals surface area contributed by atoms with Crippen LogP contribution in [0, 0.1) is 0 Å². The summed E-state index contributed by atoms with van der Waals surface area (Å²) < 4.78 is 18.8. The lowest BCUT2D eigenvalue weighted by Gasteiger charge is -2.13. The minimum Gasteiger partial charge on any atom is -0.487 e. The lowest BCUT2D eigenvalue weighted by Crippen LogP contribution is -2.10. The van der Waals surface area contributed by atoms with Crippen molar-refractivity contribution in [3.63, 3.8) is 0 Å². The van der Waals surface area contributed by atoms with Crippen molar-refractivity contribution in [3.8, 4) is 16.9 Å². The Labute approximate surface area is 233 Å². The fraction of sp³-hybridized carbons (Fsp3) is 0.281. The Morgan fingerprint density at radius 2 is 1.75 bits per heavy atom. The molecule has 8 nitrogen and oxygen atoms in total. The number of fused-ring (bicyclic) bond motifs is 2. The van der Waals surface area contributed by atoms with Crippen LogP contribution in [0.25, 0.3) is 32.8 Å². The topological polar surface area (TPSA) is 101 Å². The number of hydrogen-bond donors (Lipinski definition) is 1. The number of rotatable bonds is 10. The van der Waals surface area contributed by atoms with Gasteiger partial charge in [-0.15, -0.1) is 0 Å². The van der Waals surface area contributed by atoms with Crippen molar-refractivity contribution in [3.05, 3.63) is 83.7 Å². The van der Waals surface area contributed by atoms with Gasteiger partial charge in [-0.05, 0) is 79.2 Å². The van der Waals surface area contributed by atoms with E-state index in [1.54, 1.807) is 20.2 Å². The number of aromatic nitrogens is 3. The maximum absolute atomic E-state index is 12.3. The number of methoxy groups -OCH3 is 1. The van der Waals surface area contributed by atoms with Crippen molar-refractivity contribution < 1.29 is 19.0 Å². The molecule has 5 aromatic rings. The molecule has 0 aliphatic carbocycles. The highest BCUT2D eigenvalue weighted by molar-refractivity contribution is 5.95. The predicted molar refractivity (Wildman–Crippen MR) is 157 cm³/mol. The molecule has 0 aliphatic heterocycles. The molecule has 0 spiro atoms. The molecule has 8 heteroatoms. The highest BCUT2D eigenvalue weighted by Gasteiger charge is 2.17. The first kappa shape index (κ1) is 27.1. The Hall–Kier alpha value is -4.43. The number of anilines is 1. The van der Waals surface area contributed by atoms with E-state index in [1.807, 2.05) is 28.9 Å². The van der Waals surface area contributed by atoms with Crippen LogP contribution in [0.4, 0.5) is 5.82 Å². The van der Waals surface area contributed by atoms with Crippen molar-refractivity contribution in [1.29, 1.82) is 0 Å². The van der Waals surface area contributed by atoms with Gasteiger partial charge in [0, 0.05) is 35.7 Å². The molecule has 0 unspecified atom stereocenters. The van der Waals surface area contributed by atoms with Gasteiger partial charge in [-0.3, -0.25) is 9.48 Å². The quantitative estimate of drug-likeness (QED) is 0.210. The van der Waals surface area contributed by atoms with Gasteiger partial charge < -0.3 is 19.9 Å². The molecule has 0 fully saturated rings. The number of nitrogen functional groups attached to an aromatic ring is 1. The van der Waals surface area contributed by atoms with E-state index < -0.39 is 0 Å². The highest BCUT2D eigenvalue weighted by Crippen LogP contribution is 2.32. The van der Waals surface area contributed by atoms with Gasteiger partial charge in [0.25, 0.3) is 0 Å². The molecular formula is C32H34N4O4. The summed E-state index contributed by atoms with van der Waals surface area (Å²) in [6, 6.07) is 20.5. The van der Waals surface area contributed by atoms with Gasteiger partial charge in [0.15, 0.2) is 0 Å². The lowest BCUT2D eigenvalue weighted by molar-refractivity contribution is -0.142. The second kappa shape index (κ2) is 11.8. The maximum atomic E-state index is 12.3. The monoisotopic (exact) mass is 538 g/mol. The van der Waals surface area contributed by atoms with E-state index >= 15 is 0 Å². The molecule has 0 saturated carbocycles. The first-order chi connectivity index (χ1) is 19.4. The third-order valence-corrected chi connectivity index (χ3v) is 6.84. The number of esters is 1. The second-order valence-corrected chi connectivity index (χ2v) is 9.99. The molecular weight excluding hydrogens is 504 g/mol. The van der Waals surface area contributed by atoms with Crippen LogP contribution in [0.5, 0.6) is 5.75 Å². The minimum atomic E-state index is -0.299. The first-order valence-electron chi connectivity index (χ1n) is 13.4. The number of benzene rings is 3. The van der Waals surface area contributed by atoms with Crippen LogP contribution in [-0.4, -0.2) is 34.5 Å². The Kier molecular flexibility index (Phi) is 7.98. The third kappa shape index (κ3) is 5.62. The summed E-state index contributed by atoms with van der Waals surface area (Å²) in [6.07, 6.45) is 1.84. The molecule has 0 bridgehead atoms. The largest absolute Gasteiger partial charge is 0.487 e. The van der Waals surface area contributed by atoms with Gasteiger partial charge in [-0.25, -0.2) is 4.98 Å². The van der Waals surface area contributed by atoms with Crippen molar-refractivity contribution in [2.24, 2.45) is 0 Å². The van der Waals surface area contributed by atoms with Crippen LogP contribution in [0.15, 0.2) is 66.9 Å². The zero-order chi connectivity index (χ0) is 28.2. The number of carbonyl (C=O) groups excluding carboxylic acids is 1. The van der Waals surface area contributed by atoms with Crippen LogP contribution in [-0.2, 0) is 33.9 Å². The Bertz CT molecular complexity index is 1680. The molecule has 206 valence electrons. The van der Waals surface area contributed by atoms with E-state index in [-0.39, 0.29) is 25.0 Å². The summed E-state index contributed by atoms with van der Waals surface area (Å²) in [5, 5.41) is 7.90. The summed E-state index contributed by atoms with van der Waals surface area (Å²) in [6.45, 7) is 7.03. The number of ether oxygens (including phenoxy) is 3. The minimum absolute atomic E-state index is 0.117. The number of nitrogens with zero attached hydrogens (tertiary/aromatic N) is 3. The molecule has 0 saturated heterocycles. The molecule has 2 heterocycles. The Morgan fingerprint density at radius 1 is 0.975 bits per heavy atom. The highest BCUT2D eigenvalue weighted by atomic mass is 16.5. The number of hydrogen-bond acceptors (Lipinski definition) is 7. The fourth-order valence-electron chi connectivity index (χ4n) is 4.94. The van der Waals surface area contributed by atoms with Crippen LogP contribution in [0.1, 0.15) is 43.6 Å². The molecule has 0 atom stereocenters. The number of pyridine rings is 1. The SMILES string of the molecule is CCOC(=O)Cc1cc(COC)ccc1OCc1nn(C(C)C)c2ccc(-c3ccc4ccnc(N)c4c3)cc12. The average Bonchev–Trinajstić information content (AvgIpc) is 3.31. The van der Waals surface area contributed by atoms with Gasteiger partial charge in [-0.1, -0.05) is 24.3 Å². The average molecular weight is 539 g/mol. The predicted octanol–water partition coefficient (Wildman–Crippen LogP) is 6.25. The standard InChI is InChI=1S/C32H34N4O4/c1-5-39-31(37)17-25-14-21(18-38-4)6-11-30(25)40-19-28-27-16-24(9-10-29(27)36(35-28)20(2)3)23-8-7-22-12-13-34-32(33)26(22)15-23/h6-16,20H,5,17-19H2,1-4H3,(H2,33,34). The van der Waals surface area contributed by atoms with Gasteiger partial charge in [0.05, 0.1) is 25.2 Å². The molecule has 0 radical (unpaired) electrons. The zero-order valence-corrected chi connectivity index (χ0v) is 23.3. The molecule has 2 N–H and O–H groups in total. The molecule has 2 aromatic heterocycles. The molecule has 5 rings (SSSR count). The number of carbonyl (C=O) groups is 1. The van der Waals surface area contributed by atoms with Crippen LogP contribution >= 0.6 is 0 Å². The summed E-state index contributed by atoms with van der Waals surface area (Å²) >= 11 is 0. The molecule has 0 aliphatic rings. The van der Waals surface area contributed by atoms with Crippen LogP contribution < -0.4 is 10.5 Å². The Balaban J connectivity index is 1.50. The zero-order valence-electron chi connectivity index (χ0n) is 23.3. The van der Waals surface area contributed by atoms with E-state index in [0.717, 1.165) is 49.6 Å².